The van der Waals surface area contributed by atoms with Crippen molar-refractivity contribution in [2.24, 2.45) is 0 Å². The van der Waals surface area contributed by atoms with Crippen molar-refractivity contribution in [3.63, 3.8) is 0 Å². The van der Waals surface area contributed by atoms with Crippen LogP contribution in [0.1, 0.15) is 12.7 Å². The molecular weight excluding hydrogens is 138 g/mol. The molecule has 11 heavy (non-hydrogen) atoms. The first-order valence-electron chi connectivity index (χ1n) is 3.71. The van der Waals surface area contributed by atoms with Gasteiger partial charge in [0.25, 0.3) is 5.82 Å². The van der Waals surface area contributed by atoms with Crippen molar-refractivity contribution >= 4 is 0 Å². The smallest absolute Gasteiger partial charge is 0.235 e. The van der Waals surface area contributed by atoms with E-state index < -0.39 is 0 Å². The largest absolute Gasteiger partial charge is 0.254 e. The number of nitrogens with zero attached hydrogens (tertiary/aromatic N) is 3. The molecule has 1 heterocycles. The Kier molecular flexibility index (Phi) is 2.27. The van der Waals surface area contributed by atoms with E-state index >= 15 is 0 Å². The normalized spacial score (nSPS) is 9.55. The van der Waals surface area contributed by atoms with E-state index in [0.29, 0.717) is 6.54 Å². The minimum atomic E-state index is 0.443. The van der Waals surface area contributed by atoms with Crippen molar-refractivity contribution in [3.05, 3.63) is 18.2 Å². The number of aromatic nitrogens is 2. The van der Waals surface area contributed by atoms with Gasteiger partial charge >= 0.3 is 0 Å². The van der Waals surface area contributed by atoms with Crippen LogP contribution < -0.4 is 4.57 Å². The van der Waals surface area contributed by atoms with Gasteiger partial charge in [-0.3, -0.25) is 0 Å². The third kappa shape index (κ3) is 1.40. The Balaban J connectivity index is 2.93. The average molecular weight is 150 g/mol. The topological polar surface area (TPSA) is 32.6 Å². The molecule has 0 aliphatic rings. The summed E-state index contributed by atoms with van der Waals surface area (Å²) in [5, 5.41) is 8.45. The minimum absolute atomic E-state index is 0.443. The quantitative estimate of drug-likeness (QED) is 0.569. The lowest BCUT2D eigenvalue weighted by molar-refractivity contribution is -0.690. The zero-order chi connectivity index (χ0) is 8.27. The highest BCUT2D eigenvalue weighted by Gasteiger charge is 2.08. The lowest BCUT2D eigenvalue weighted by atomic mass is 10.6. The zero-order valence-corrected chi connectivity index (χ0v) is 6.91. The van der Waals surface area contributed by atoms with Crippen molar-refractivity contribution in [2.45, 2.75) is 26.9 Å². The summed E-state index contributed by atoms with van der Waals surface area (Å²) >= 11 is 0. The molecule has 0 unspecified atom stereocenters. The van der Waals surface area contributed by atoms with Crippen molar-refractivity contribution in [2.75, 3.05) is 0 Å². The molecule has 0 saturated carbocycles. The molecule has 0 bridgehead atoms. The van der Waals surface area contributed by atoms with Gasteiger partial charge in [0.2, 0.25) is 0 Å². The van der Waals surface area contributed by atoms with Gasteiger partial charge in [-0.25, -0.2) is 9.13 Å². The van der Waals surface area contributed by atoms with Crippen LogP contribution in [0.15, 0.2) is 12.4 Å². The van der Waals surface area contributed by atoms with Gasteiger partial charge < -0.3 is 0 Å². The third-order valence-electron chi connectivity index (χ3n) is 1.84. The standard InChI is InChI=1S/C8H12N3/c1-3-10-6-7-11(5-4-9)8(10)2/h6-7H,3,5H2,1-2H3/q+1. The van der Waals surface area contributed by atoms with E-state index in [9.17, 15) is 0 Å². The van der Waals surface area contributed by atoms with Crippen LogP contribution in [0.5, 0.6) is 0 Å². The Morgan fingerprint density at radius 3 is 2.91 bits per heavy atom. The molecule has 3 nitrogen and oxygen atoms in total. The maximum Gasteiger partial charge on any atom is 0.254 e. The predicted octanol–water partition coefficient (Wildman–Crippen LogP) is 0.627. The molecule has 3 heteroatoms. The first kappa shape index (κ1) is 7.80. The van der Waals surface area contributed by atoms with E-state index in [4.69, 9.17) is 5.26 Å². The molecule has 0 spiro atoms. The molecule has 58 valence electrons. The van der Waals surface area contributed by atoms with E-state index in [-0.39, 0.29) is 0 Å². The van der Waals surface area contributed by atoms with Crippen LogP contribution in [0.3, 0.4) is 0 Å². The second-order valence-corrected chi connectivity index (χ2v) is 2.42. The first-order chi connectivity index (χ1) is 5.29. The Hall–Kier alpha value is -1.30. The number of nitriles is 1. The Morgan fingerprint density at radius 2 is 2.45 bits per heavy atom. The third-order valence-corrected chi connectivity index (χ3v) is 1.84. The summed E-state index contributed by atoms with van der Waals surface area (Å²) in [5.41, 5.74) is 0. The summed E-state index contributed by atoms with van der Waals surface area (Å²) in [6.07, 6.45) is 3.93. The molecule has 1 aromatic rings. The molecule has 0 fully saturated rings. The molecule has 0 aromatic carbocycles. The van der Waals surface area contributed by atoms with Crippen LogP contribution >= 0.6 is 0 Å². The number of hydrogen-bond donors (Lipinski definition) is 0. The van der Waals surface area contributed by atoms with Crippen molar-refractivity contribution < 1.29 is 4.57 Å². The fourth-order valence-electron chi connectivity index (χ4n) is 1.12. The lowest BCUT2D eigenvalue weighted by Crippen LogP contribution is -2.34. The molecule has 0 amide bonds. The van der Waals surface area contributed by atoms with Gasteiger partial charge in [0.15, 0.2) is 6.54 Å². The highest BCUT2D eigenvalue weighted by Crippen LogP contribution is 1.91. The van der Waals surface area contributed by atoms with Crippen LogP contribution in [-0.2, 0) is 13.1 Å². The van der Waals surface area contributed by atoms with Gasteiger partial charge in [-0.2, -0.15) is 5.26 Å². The summed E-state index contributed by atoms with van der Waals surface area (Å²) in [5.74, 6) is 1.13. The summed E-state index contributed by atoms with van der Waals surface area (Å²) in [6, 6.07) is 2.11. The van der Waals surface area contributed by atoms with Crippen molar-refractivity contribution in [3.8, 4) is 6.07 Å². The fraction of sp³-hybridized carbons (Fsp3) is 0.500. The van der Waals surface area contributed by atoms with Crippen LogP contribution in [0.25, 0.3) is 0 Å². The zero-order valence-electron chi connectivity index (χ0n) is 6.91. The number of imidazole rings is 1. The fourth-order valence-corrected chi connectivity index (χ4v) is 1.12. The van der Waals surface area contributed by atoms with Gasteiger partial charge in [0, 0.05) is 6.92 Å². The second-order valence-electron chi connectivity index (χ2n) is 2.42. The van der Waals surface area contributed by atoms with Gasteiger partial charge in [-0.15, -0.1) is 0 Å². The maximum absolute atomic E-state index is 8.45. The Labute approximate surface area is 66.5 Å². The second kappa shape index (κ2) is 3.20. The van der Waals surface area contributed by atoms with Crippen LogP contribution in [-0.4, -0.2) is 4.57 Å². The van der Waals surface area contributed by atoms with Gasteiger partial charge in [0.1, 0.15) is 18.5 Å². The van der Waals surface area contributed by atoms with Gasteiger partial charge in [-0.05, 0) is 6.92 Å². The van der Waals surface area contributed by atoms with E-state index in [1.54, 1.807) is 0 Å². The highest BCUT2D eigenvalue weighted by atomic mass is 15.1. The highest BCUT2D eigenvalue weighted by molar-refractivity contribution is 4.79. The minimum Gasteiger partial charge on any atom is -0.235 e. The van der Waals surface area contributed by atoms with Crippen molar-refractivity contribution in [1.29, 1.82) is 5.26 Å². The number of hydrogen-bond acceptors (Lipinski definition) is 1. The monoisotopic (exact) mass is 150 g/mol. The van der Waals surface area contributed by atoms with Gasteiger partial charge in [-0.1, -0.05) is 0 Å². The molecule has 0 atom stereocenters. The average Bonchev–Trinajstić information content (AvgIpc) is 2.34. The summed E-state index contributed by atoms with van der Waals surface area (Å²) < 4.78 is 4.04. The molecule has 0 aliphatic heterocycles. The molecule has 0 radical (unpaired) electrons. The molecule has 1 rings (SSSR count). The number of rotatable bonds is 2. The molecule has 0 aliphatic carbocycles. The Morgan fingerprint density at radius 1 is 1.73 bits per heavy atom. The molecule has 1 aromatic heterocycles. The van der Waals surface area contributed by atoms with Gasteiger partial charge in [0.05, 0.1) is 6.54 Å². The molecular formula is C8H12N3+. The van der Waals surface area contributed by atoms with E-state index in [0.717, 1.165) is 12.4 Å². The summed E-state index contributed by atoms with van der Waals surface area (Å²) in [4.78, 5) is 0. The molecule has 0 N–H and O–H groups in total. The Bertz CT molecular complexity index is 280. The van der Waals surface area contributed by atoms with E-state index in [2.05, 4.69) is 17.6 Å². The lowest BCUT2D eigenvalue weighted by Gasteiger charge is -1.92. The van der Waals surface area contributed by atoms with Crippen LogP contribution in [0.2, 0.25) is 0 Å². The van der Waals surface area contributed by atoms with Crippen molar-refractivity contribution in [1.82, 2.24) is 4.57 Å². The molecule has 0 saturated heterocycles. The van der Waals surface area contributed by atoms with Crippen LogP contribution in [0, 0.1) is 18.3 Å². The van der Waals surface area contributed by atoms with E-state index in [1.165, 1.54) is 0 Å². The SMILES string of the molecule is CCn1cc[n+](CC#N)c1C. The summed E-state index contributed by atoms with van der Waals surface area (Å²) in [6.45, 7) is 5.51. The van der Waals surface area contributed by atoms with Crippen LogP contribution in [0.4, 0.5) is 0 Å². The van der Waals surface area contributed by atoms with E-state index in [1.807, 2.05) is 23.9 Å². The maximum atomic E-state index is 8.45. The first-order valence-corrected chi connectivity index (χ1v) is 3.71. The summed E-state index contributed by atoms with van der Waals surface area (Å²) in [7, 11) is 0. The predicted molar refractivity (Wildman–Crippen MR) is 40.7 cm³/mol. The number of aryl methyl sites for hydroxylation is 1.